The average molecular weight is 259 g/mol. The number of nitrogens with one attached hydrogen (secondary N) is 1. The van der Waals surface area contributed by atoms with Crippen LogP contribution in [0.2, 0.25) is 0 Å². The molecule has 2 nitrogen and oxygen atoms in total. The highest BCUT2D eigenvalue weighted by molar-refractivity contribution is 7.84. The molecule has 0 heterocycles. The van der Waals surface area contributed by atoms with Crippen molar-refractivity contribution in [1.82, 2.24) is 5.32 Å². The lowest BCUT2D eigenvalue weighted by atomic mass is 9.71. The molecule has 0 saturated heterocycles. The lowest BCUT2D eigenvalue weighted by Crippen LogP contribution is -2.37. The largest absolute Gasteiger partial charge is 0.313 e. The predicted octanol–water partition coefficient (Wildman–Crippen LogP) is 2.95. The Balaban J connectivity index is 2.17. The molecule has 3 heteroatoms. The van der Waals surface area contributed by atoms with Crippen LogP contribution in [0, 0.1) is 11.3 Å². The number of rotatable bonds is 5. The summed E-state index contributed by atoms with van der Waals surface area (Å²) in [4.78, 5) is 0. The number of hydrogen-bond donors (Lipinski definition) is 1. The molecule has 1 unspecified atom stereocenters. The van der Waals surface area contributed by atoms with E-state index in [0.29, 0.717) is 11.5 Å². The van der Waals surface area contributed by atoms with Gasteiger partial charge in [-0.3, -0.25) is 4.21 Å². The molecule has 0 aromatic heterocycles. The summed E-state index contributed by atoms with van der Waals surface area (Å²) in [5.41, 5.74) is 0.467. The first-order valence-corrected chi connectivity index (χ1v) is 8.50. The third-order valence-electron chi connectivity index (χ3n) is 4.04. The van der Waals surface area contributed by atoms with Gasteiger partial charge in [-0.25, -0.2) is 0 Å². The lowest BCUT2D eigenvalue weighted by molar-refractivity contribution is 0.161. The highest BCUT2D eigenvalue weighted by atomic mass is 32.2. The quantitative estimate of drug-likeness (QED) is 0.822. The second kappa shape index (κ2) is 6.89. The third kappa shape index (κ3) is 5.52. The maximum absolute atomic E-state index is 11.3. The molecule has 1 saturated carbocycles. The van der Waals surface area contributed by atoms with E-state index in [2.05, 4.69) is 26.1 Å². The highest BCUT2D eigenvalue weighted by Crippen LogP contribution is 2.37. The molecule has 17 heavy (non-hydrogen) atoms. The fraction of sp³-hybridized carbons (Fsp3) is 1.00. The van der Waals surface area contributed by atoms with E-state index in [1.807, 2.05) is 6.92 Å². The molecule has 0 radical (unpaired) electrons. The Labute approximate surface area is 109 Å². The molecule has 102 valence electrons. The van der Waals surface area contributed by atoms with Crippen LogP contribution in [0.15, 0.2) is 0 Å². The van der Waals surface area contributed by atoms with Crippen molar-refractivity contribution in [1.29, 1.82) is 0 Å². The van der Waals surface area contributed by atoms with Gasteiger partial charge in [0.05, 0.1) is 0 Å². The summed E-state index contributed by atoms with van der Waals surface area (Å²) in [5, 5.41) is 3.57. The van der Waals surface area contributed by atoms with E-state index in [1.54, 1.807) is 0 Å². The van der Waals surface area contributed by atoms with Crippen molar-refractivity contribution in [2.24, 2.45) is 11.3 Å². The van der Waals surface area contributed by atoms with Crippen molar-refractivity contribution in [2.45, 2.75) is 59.4 Å². The Hall–Kier alpha value is 0.110. The maximum atomic E-state index is 11.3. The van der Waals surface area contributed by atoms with Gasteiger partial charge in [-0.1, -0.05) is 27.7 Å². The van der Waals surface area contributed by atoms with Crippen molar-refractivity contribution in [3.05, 3.63) is 0 Å². The van der Waals surface area contributed by atoms with Gasteiger partial charge in [0.1, 0.15) is 0 Å². The van der Waals surface area contributed by atoms with Gasteiger partial charge in [0, 0.05) is 34.9 Å². The molecule has 0 amide bonds. The lowest BCUT2D eigenvalue weighted by Gasteiger charge is -2.37. The van der Waals surface area contributed by atoms with Gasteiger partial charge in [-0.05, 0) is 37.0 Å². The minimum Gasteiger partial charge on any atom is -0.313 e. The first kappa shape index (κ1) is 15.2. The van der Waals surface area contributed by atoms with Gasteiger partial charge in [-0.2, -0.15) is 0 Å². The van der Waals surface area contributed by atoms with Crippen LogP contribution in [0.3, 0.4) is 0 Å². The zero-order valence-corrected chi connectivity index (χ0v) is 12.7. The Morgan fingerprint density at radius 3 is 2.24 bits per heavy atom. The van der Waals surface area contributed by atoms with Crippen LogP contribution in [-0.4, -0.2) is 28.3 Å². The minimum absolute atomic E-state index is 0.467. The molecule has 0 aromatic carbocycles. The van der Waals surface area contributed by atoms with E-state index in [1.165, 1.54) is 25.7 Å². The first-order chi connectivity index (χ1) is 7.93. The highest BCUT2D eigenvalue weighted by Gasteiger charge is 2.29. The summed E-state index contributed by atoms with van der Waals surface area (Å²) in [5.74, 6) is 2.49. The van der Waals surface area contributed by atoms with E-state index >= 15 is 0 Å². The Kier molecular flexibility index (Phi) is 6.14. The summed E-state index contributed by atoms with van der Waals surface area (Å²) in [6.07, 6.45) is 5.28. The van der Waals surface area contributed by atoms with Crippen LogP contribution >= 0.6 is 0 Å². The summed E-state index contributed by atoms with van der Waals surface area (Å²) in [6, 6.07) is 0.669. The van der Waals surface area contributed by atoms with Crippen LogP contribution in [0.25, 0.3) is 0 Å². The fourth-order valence-electron chi connectivity index (χ4n) is 2.68. The Morgan fingerprint density at radius 2 is 1.76 bits per heavy atom. The molecule has 0 aliphatic heterocycles. The van der Waals surface area contributed by atoms with Gasteiger partial charge in [-0.15, -0.1) is 0 Å². The normalized spacial score (nSPS) is 28.0. The zero-order valence-electron chi connectivity index (χ0n) is 11.9. The first-order valence-electron chi connectivity index (χ1n) is 7.02. The van der Waals surface area contributed by atoms with Gasteiger partial charge < -0.3 is 5.32 Å². The van der Waals surface area contributed by atoms with Crippen molar-refractivity contribution in [3.63, 3.8) is 0 Å². The monoisotopic (exact) mass is 259 g/mol. The van der Waals surface area contributed by atoms with E-state index in [4.69, 9.17) is 0 Å². The summed E-state index contributed by atoms with van der Waals surface area (Å²) in [7, 11) is -0.615. The van der Waals surface area contributed by atoms with E-state index in [0.717, 1.165) is 24.0 Å². The van der Waals surface area contributed by atoms with Gasteiger partial charge in [0.15, 0.2) is 0 Å². The molecular formula is C14H29NOS. The molecule has 1 N–H and O–H groups in total. The van der Waals surface area contributed by atoms with E-state index < -0.39 is 10.8 Å². The SMILES string of the molecule is CCS(=O)CCNC1CCC(C(C)(C)C)CC1. The third-order valence-corrected chi connectivity index (χ3v) is 5.34. The average Bonchev–Trinajstić information content (AvgIpc) is 2.28. The molecule has 1 atom stereocenters. The second-order valence-corrected chi connectivity index (χ2v) is 8.17. The predicted molar refractivity (Wildman–Crippen MR) is 76.8 cm³/mol. The van der Waals surface area contributed by atoms with Crippen LogP contribution < -0.4 is 5.32 Å². The summed E-state index contributed by atoms with van der Waals surface area (Å²) < 4.78 is 11.3. The molecule has 1 aliphatic carbocycles. The van der Waals surface area contributed by atoms with Crippen LogP contribution in [0.4, 0.5) is 0 Å². The molecule has 1 aliphatic rings. The summed E-state index contributed by atoms with van der Waals surface area (Å²) >= 11 is 0. The van der Waals surface area contributed by atoms with Crippen molar-refractivity contribution < 1.29 is 4.21 Å². The molecule has 1 rings (SSSR count). The molecule has 1 fully saturated rings. The second-order valence-electron chi connectivity index (χ2n) is 6.30. The van der Waals surface area contributed by atoms with Gasteiger partial charge in [0.2, 0.25) is 0 Å². The van der Waals surface area contributed by atoms with Crippen molar-refractivity contribution in [3.8, 4) is 0 Å². The van der Waals surface area contributed by atoms with Crippen molar-refractivity contribution in [2.75, 3.05) is 18.1 Å². The fourth-order valence-corrected chi connectivity index (χ4v) is 3.32. The topological polar surface area (TPSA) is 29.1 Å². The van der Waals surface area contributed by atoms with E-state index in [9.17, 15) is 4.21 Å². The molecule has 0 bridgehead atoms. The zero-order chi connectivity index (χ0) is 12.9. The Bertz CT molecular complexity index is 239. The molecule has 0 spiro atoms. The van der Waals surface area contributed by atoms with Crippen molar-refractivity contribution >= 4 is 10.8 Å². The molecule has 0 aromatic rings. The Morgan fingerprint density at radius 1 is 1.18 bits per heavy atom. The van der Waals surface area contributed by atoms with Crippen LogP contribution in [0.5, 0.6) is 0 Å². The number of hydrogen-bond acceptors (Lipinski definition) is 2. The van der Waals surface area contributed by atoms with Gasteiger partial charge in [0.25, 0.3) is 0 Å². The van der Waals surface area contributed by atoms with Crippen LogP contribution in [0.1, 0.15) is 53.4 Å². The van der Waals surface area contributed by atoms with Gasteiger partial charge >= 0.3 is 0 Å². The minimum atomic E-state index is -0.615. The van der Waals surface area contributed by atoms with Crippen LogP contribution in [-0.2, 0) is 10.8 Å². The maximum Gasteiger partial charge on any atom is 0.0360 e. The molecular weight excluding hydrogens is 230 g/mol. The van der Waals surface area contributed by atoms with E-state index in [-0.39, 0.29) is 0 Å². The summed E-state index contributed by atoms with van der Waals surface area (Å²) in [6.45, 7) is 9.98. The standard InChI is InChI=1S/C14H29NOS/c1-5-17(16)11-10-15-13-8-6-12(7-9-13)14(2,3)4/h12-13,15H,5-11H2,1-4H3. The smallest absolute Gasteiger partial charge is 0.0360 e.